The fraction of sp³-hybridized carbons (Fsp3) is 0.562. The van der Waals surface area contributed by atoms with Crippen LogP contribution in [0.15, 0.2) is 17.1 Å². The number of carbonyl (C=O) groups is 3. The maximum Gasteiger partial charge on any atom is 0.410 e. The molecule has 0 saturated carbocycles. The van der Waals surface area contributed by atoms with Crippen LogP contribution in [-0.2, 0) is 20.9 Å². The topological polar surface area (TPSA) is 148 Å². The molecule has 11 nitrogen and oxygen atoms in total. The van der Waals surface area contributed by atoms with Crippen LogP contribution in [0.1, 0.15) is 20.8 Å². The molecule has 0 radical (unpaired) electrons. The third kappa shape index (κ3) is 7.75. The molecule has 0 aliphatic heterocycles. The molecule has 11 heteroatoms. The van der Waals surface area contributed by atoms with Gasteiger partial charge in [0.25, 0.3) is 0 Å². The number of nitrogen functional groups attached to an aromatic ring is 1. The highest BCUT2D eigenvalue weighted by atomic mass is 16.6. The molecule has 27 heavy (non-hydrogen) atoms. The Balaban J connectivity index is 2.77. The van der Waals surface area contributed by atoms with E-state index in [1.165, 1.54) is 24.2 Å². The van der Waals surface area contributed by atoms with Crippen LogP contribution < -0.4 is 11.4 Å². The third-order valence-electron chi connectivity index (χ3n) is 3.29. The molecule has 1 aromatic rings. The van der Waals surface area contributed by atoms with Crippen molar-refractivity contribution in [1.82, 2.24) is 19.4 Å². The van der Waals surface area contributed by atoms with E-state index in [-0.39, 0.29) is 18.9 Å². The van der Waals surface area contributed by atoms with Crippen molar-refractivity contribution in [2.24, 2.45) is 0 Å². The standard InChI is InChI=1S/C16H25N5O6/c1-16(2,3)27-15(26)19(4)7-8-20(10-13(23)24)12(22)9-21-6-5-11(17)18-14(21)25/h5-6H,7-10H2,1-4H3,(H,23,24)(H2,17,18,25). The lowest BCUT2D eigenvalue weighted by Crippen LogP contribution is -2.45. The number of carboxylic acid groups (broad SMARTS) is 1. The summed E-state index contributed by atoms with van der Waals surface area (Å²) in [6.07, 6.45) is 0.707. The molecule has 3 N–H and O–H groups in total. The Morgan fingerprint density at radius 2 is 1.93 bits per heavy atom. The Morgan fingerprint density at radius 1 is 1.30 bits per heavy atom. The highest BCUT2D eigenvalue weighted by molar-refractivity contribution is 5.81. The van der Waals surface area contributed by atoms with Crippen LogP contribution in [0.2, 0.25) is 0 Å². The summed E-state index contributed by atoms with van der Waals surface area (Å²) in [4.78, 5) is 52.9. The number of aromatic nitrogens is 2. The number of hydrogen-bond donors (Lipinski definition) is 2. The van der Waals surface area contributed by atoms with Gasteiger partial charge in [0.2, 0.25) is 5.91 Å². The number of aliphatic carboxylic acids is 1. The fourth-order valence-electron chi connectivity index (χ4n) is 1.97. The zero-order chi connectivity index (χ0) is 20.8. The Labute approximate surface area is 156 Å². The van der Waals surface area contributed by atoms with Crippen molar-refractivity contribution in [3.63, 3.8) is 0 Å². The molecule has 0 spiro atoms. The number of likely N-dealkylation sites (N-methyl/N-ethyl adjacent to an activating group) is 1. The van der Waals surface area contributed by atoms with Crippen LogP contribution in [0.25, 0.3) is 0 Å². The van der Waals surface area contributed by atoms with E-state index < -0.39 is 42.4 Å². The quantitative estimate of drug-likeness (QED) is 0.646. The second-order valence-electron chi connectivity index (χ2n) is 6.87. The molecule has 0 aliphatic carbocycles. The van der Waals surface area contributed by atoms with Gasteiger partial charge in [-0.2, -0.15) is 4.98 Å². The van der Waals surface area contributed by atoms with E-state index in [1.807, 2.05) is 0 Å². The number of amides is 2. The molecule has 0 aliphatic rings. The van der Waals surface area contributed by atoms with Gasteiger partial charge in [-0.3, -0.25) is 14.2 Å². The van der Waals surface area contributed by atoms with Crippen molar-refractivity contribution < 1.29 is 24.2 Å². The lowest BCUT2D eigenvalue weighted by Gasteiger charge is -2.27. The average molecular weight is 383 g/mol. The Bertz CT molecular complexity index is 754. The number of nitrogens with zero attached hydrogens (tertiary/aromatic N) is 4. The summed E-state index contributed by atoms with van der Waals surface area (Å²) in [7, 11) is 1.48. The molecular formula is C16H25N5O6. The van der Waals surface area contributed by atoms with Crippen molar-refractivity contribution in [3.8, 4) is 0 Å². The van der Waals surface area contributed by atoms with E-state index >= 15 is 0 Å². The Hall–Kier alpha value is -3.11. The van der Waals surface area contributed by atoms with Gasteiger partial charge in [-0.1, -0.05) is 0 Å². The number of rotatable bonds is 7. The fourth-order valence-corrected chi connectivity index (χ4v) is 1.97. The minimum Gasteiger partial charge on any atom is -0.480 e. The number of nitrogens with two attached hydrogens (primary N) is 1. The van der Waals surface area contributed by atoms with Crippen LogP contribution in [0.4, 0.5) is 10.6 Å². The highest BCUT2D eigenvalue weighted by Gasteiger charge is 2.22. The largest absolute Gasteiger partial charge is 0.480 e. The lowest BCUT2D eigenvalue weighted by molar-refractivity contribution is -0.144. The average Bonchev–Trinajstić information content (AvgIpc) is 2.51. The van der Waals surface area contributed by atoms with Crippen molar-refractivity contribution in [3.05, 3.63) is 22.7 Å². The van der Waals surface area contributed by atoms with Crippen LogP contribution in [-0.4, -0.2) is 74.7 Å². The van der Waals surface area contributed by atoms with Gasteiger partial charge in [-0.15, -0.1) is 0 Å². The number of ether oxygens (including phenoxy) is 1. The monoisotopic (exact) mass is 383 g/mol. The molecule has 1 rings (SSSR count). The SMILES string of the molecule is CN(CCN(CC(=O)O)C(=O)Cn1ccc(N)nc1=O)C(=O)OC(C)(C)C. The smallest absolute Gasteiger partial charge is 0.410 e. The highest BCUT2D eigenvalue weighted by Crippen LogP contribution is 2.09. The van der Waals surface area contributed by atoms with Crippen LogP contribution in [0.3, 0.4) is 0 Å². The summed E-state index contributed by atoms with van der Waals surface area (Å²) in [6, 6.07) is 1.35. The van der Waals surface area contributed by atoms with E-state index in [1.54, 1.807) is 20.8 Å². The molecule has 0 unspecified atom stereocenters. The van der Waals surface area contributed by atoms with Gasteiger partial charge in [0.1, 0.15) is 24.5 Å². The first-order chi connectivity index (χ1) is 12.4. The summed E-state index contributed by atoms with van der Waals surface area (Å²) < 4.78 is 6.22. The first-order valence-corrected chi connectivity index (χ1v) is 8.15. The molecule has 0 atom stereocenters. The summed E-state index contributed by atoms with van der Waals surface area (Å²) in [5.41, 5.74) is 4.00. The van der Waals surface area contributed by atoms with E-state index in [0.29, 0.717) is 0 Å². The molecule has 1 aromatic heterocycles. The molecule has 2 amide bonds. The molecule has 0 bridgehead atoms. The summed E-state index contributed by atoms with van der Waals surface area (Å²) in [6.45, 7) is 4.21. The maximum absolute atomic E-state index is 12.4. The molecule has 0 fully saturated rings. The predicted octanol–water partition coefficient (Wildman–Crippen LogP) is -0.394. The summed E-state index contributed by atoms with van der Waals surface area (Å²) in [5, 5.41) is 9.02. The molecule has 0 aromatic carbocycles. The normalized spacial score (nSPS) is 11.0. The number of carbonyl (C=O) groups excluding carboxylic acids is 2. The molecule has 0 saturated heterocycles. The van der Waals surface area contributed by atoms with Crippen molar-refractivity contribution in [1.29, 1.82) is 0 Å². The number of carboxylic acids is 1. The second kappa shape index (κ2) is 9.01. The van der Waals surface area contributed by atoms with E-state index in [2.05, 4.69) is 4.98 Å². The predicted molar refractivity (Wildman–Crippen MR) is 96.0 cm³/mol. The van der Waals surface area contributed by atoms with Gasteiger partial charge >= 0.3 is 17.8 Å². The number of hydrogen-bond acceptors (Lipinski definition) is 7. The zero-order valence-corrected chi connectivity index (χ0v) is 15.8. The van der Waals surface area contributed by atoms with Gasteiger partial charge in [0, 0.05) is 26.3 Å². The Kier molecular flexibility index (Phi) is 7.32. The van der Waals surface area contributed by atoms with Gasteiger partial charge in [0.05, 0.1) is 0 Å². The van der Waals surface area contributed by atoms with E-state index in [9.17, 15) is 19.2 Å². The molecule has 150 valence electrons. The second-order valence-corrected chi connectivity index (χ2v) is 6.87. The van der Waals surface area contributed by atoms with Crippen molar-refractivity contribution in [2.75, 3.05) is 32.4 Å². The number of anilines is 1. The third-order valence-corrected chi connectivity index (χ3v) is 3.29. The van der Waals surface area contributed by atoms with Crippen LogP contribution in [0.5, 0.6) is 0 Å². The van der Waals surface area contributed by atoms with Crippen molar-refractivity contribution >= 4 is 23.8 Å². The molecular weight excluding hydrogens is 358 g/mol. The van der Waals surface area contributed by atoms with Crippen LogP contribution >= 0.6 is 0 Å². The van der Waals surface area contributed by atoms with E-state index in [4.69, 9.17) is 15.6 Å². The van der Waals surface area contributed by atoms with Gasteiger partial charge in [-0.25, -0.2) is 9.59 Å². The van der Waals surface area contributed by atoms with Crippen LogP contribution in [0, 0.1) is 0 Å². The van der Waals surface area contributed by atoms with Gasteiger partial charge in [0.15, 0.2) is 0 Å². The zero-order valence-electron chi connectivity index (χ0n) is 15.8. The first-order valence-electron chi connectivity index (χ1n) is 8.15. The Morgan fingerprint density at radius 3 is 2.44 bits per heavy atom. The maximum atomic E-state index is 12.4. The van der Waals surface area contributed by atoms with E-state index in [0.717, 1.165) is 9.47 Å². The lowest BCUT2D eigenvalue weighted by atomic mass is 10.2. The molecule has 1 heterocycles. The van der Waals surface area contributed by atoms with Gasteiger partial charge in [-0.05, 0) is 26.8 Å². The summed E-state index contributed by atoms with van der Waals surface area (Å²) in [5.74, 6) is -1.81. The first kappa shape index (κ1) is 21.9. The van der Waals surface area contributed by atoms with Crippen molar-refractivity contribution in [2.45, 2.75) is 32.9 Å². The van der Waals surface area contributed by atoms with Gasteiger partial charge < -0.3 is 25.4 Å². The summed E-state index contributed by atoms with van der Waals surface area (Å²) >= 11 is 0. The minimum atomic E-state index is -1.22. The minimum absolute atomic E-state index is 0.0186.